The third-order valence-electron chi connectivity index (χ3n) is 1.70. The SMILES string of the molecule is CN(CC(N)=NO)S(=O)(=O)CCS(C)(=O)=O. The lowest BCUT2D eigenvalue weighted by molar-refractivity contribution is 0.315. The van der Waals surface area contributed by atoms with E-state index in [1.165, 1.54) is 7.05 Å². The second kappa shape index (κ2) is 5.46. The molecule has 0 spiro atoms. The molecule has 0 fully saturated rings. The van der Waals surface area contributed by atoms with Crippen LogP contribution in [0.15, 0.2) is 5.16 Å². The summed E-state index contributed by atoms with van der Waals surface area (Å²) in [5.74, 6) is -1.26. The molecule has 96 valence electrons. The number of amidine groups is 1. The highest BCUT2D eigenvalue weighted by Gasteiger charge is 2.20. The topological polar surface area (TPSA) is 130 Å². The Balaban J connectivity index is 4.56. The Labute approximate surface area is 94.7 Å². The lowest BCUT2D eigenvalue weighted by Gasteiger charge is -2.15. The maximum Gasteiger partial charge on any atom is 0.215 e. The van der Waals surface area contributed by atoms with Crippen molar-refractivity contribution in [3.05, 3.63) is 0 Å². The van der Waals surface area contributed by atoms with Gasteiger partial charge in [-0.15, -0.1) is 0 Å². The summed E-state index contributed by atoms with van der Waals surface area (Å²) in [6, 6.07) is 0. The Kier molecular flexibility index (Phi) is 5.16. The van der Waals surface area contributed by atoms with Gasteiger partial charge in [0.1, 0.15) is 9.84 Å². The summed E-state index contributed by atoms with van der Waals surface area (Å²) in [6.07, 6.45) is 0.950. The average molecular weight is 273 g/mol. The fraction of sp³-hybridized carbons (Fsp3) is 0.833. The maximum absolute atomic E-state index is 11.5. The van der Waals surface area contributed by atoms with Gasteiger partial charge in [0.2, 0.25) is 10.0 Å². The molecular formula is C6H15N3O5S2. The Hall–Kier alpha value is -0.870. The van der Waals surface area contributed by atoms with Gasteiger partial charge in [0.25, 0.3) is 0 Å². The van der Waals surface area contributed by atoms with Gasteiger partial charge in [-0.2, -0.15) is 4.31 Å². The number of hydrogen-bond donors (Lipinski definition) is 2. The van der Waals surface area contributed by atoms with Crippen LogP contribution in [0.1, 0.15) is 0 Å². The molecule has 0 unspecified atom stereocenters. The number of likely N-dealkylation sites (N-methyl/N-ethyl adjacent to an activating group) is 1. The average Bonchev–Trinajstić information content (AvgIpc) is 2.13. The van der Waals surface area contributed by atoms with Gasteiger partial charge >= 0.3 is 0 Å². The third kappa shape index (κ3) is 5.88. The first-order valence-electron chi connectivity index (χ1n) is 4.16. The Morgan fingerprint density at radius 3 is 2.19 bits per heavy atom. The van der Waals surface area contributed by atoms with Crippen molar-refractivity contribution in [2.45, 2.75) is 0 Å². The van der Waals surface area contributed by atoms with Crippen molar-refractivity contribution in [2.24, 2.45) is 10.9 Å². The minimum absolute atomic E-state index is 0.273. The van der Waals surface area contributed by atoms with Gasteiger partial charge < -0.3 is 10.9 Å². The lowest BCUT2D eigenvalue weighted by atomic mass is 10.6. The summed E-state index contributed by atoms with van der Waals surface area (Å²) in [4.78, 5) is 0. The van der Waals surface area contributed by atoms with Crippen LogP contribution < -0.4 is 5.73 Å². The van der Waals surface area contributed by atoms with Crippen molar-refractivity contribution in [1.82, 2.24) is 4.31 Å². The Morgan fingerprint density at radius 2 is 1.81 bits per heavy atom. The van der Waals surface area contributed by atoms with Crippen molar-refractivity contribution in [1.29, 1.82) is 0 Å². The predicted octanol–water partition coefficient (Wildman–Crippen LogP) is -1.96. The number of sulfonamides is 1. The molecule has 0 rings (SSSR count). The first-order valence-corrected chi connectivity index (χ1v) is 7.83. The highest BCUT2D eigenvalue weighted by Crippen LogP contribution is 1.99. The Bertz CT molecular complexity index is 453. The van der Waals surface area contributed by atoms with E-state index < -0.39 is 31.4 Å². The van der Waals surface area contributed by atoms with E-state index >= 15 is 0 Å². The molecule has 3 N–H and O–H groups in total. The number of hydrogen-bond acceptors (Lipinski definition) is 6. The molecule has 0 saturated carbocycles. The number of sulfone groups is 1. The second-order valence-corrected chi connectivity index (χ2v) is 7.75. The molecule has 0 aromatic rings. The van der Waals surface area contributed by atoms with Gasteiger partial charge in [-0.1, -0.05) is 5.16 Å². The van der Waals surface area contributed by atoms with Gasteiger partial charge in [0.15, 0.2) is 5.84 Å². The van der Waals surface area contributed by atoms with Gasteiger partial charge in [-0.3, -0.25) is 0 Å². The van der Waals surface area contributed by atoms with Crippen LogP contribution in [0.25, 0.3) is 0 Å². The van der Waals surface area contributed by atoms with Crippen LogP contribution in [0, 0.1) is 0 Å². The van der Waals surface area contributed by atoms with Crippen LogP contribution in [-0.4, -0.2) is 63.5 Å². The molecule has 0 aromatic heterocycles. The second-order valence-electron chi connectivity index (χ2n) is 3.29. The zero-order valence-electron chi connectivity index (χ0n) is 8.99. The van der Waals surface area contributed by atoms with Gasteiger partial charge in [0, 0.05) is 13.3 Å². The van der Waals surface area contributed by atoms with E-state index in [1.807, 2.05) is 0 Å². The summed E-state index contributed by atoms with van der Waals surface area (Å²) in [5.41, 5.74) is 5.13. The minimum atomic E-state index is -3.72. The third-order valence-corrected chi connectivity index (χ3v) is 4.70. The molecule has 0 aliphatic rings. The molecule has 0 aliphatic heterocycles. The fourth-order valence-corrected chi connectivity index (χ4v) is 3.46. The van der Waals surface area contributed by atoms with Crippen molar-refractivity contribution >= 4 is 25.7 Å². The minimum Gasteiger partial charge on any atom is -0.409 e. The van der Waals surface area contributed by atoms with Crippen molar-refractivity contribution in [3.63, 3.8) is 0 Å². The molecule has 0 heterocycles. The molecule has 16 heavy (non-hydrogen) atoms. The molecule has 0 aromatic carbocycles. The molecule has 0 aliphatic carbocycles. The van der Waals surface area contributed by atoms with E-state index in [9.17, 15) is 16.8 Å². The summed E-state index contributed by atoms with van der Waals surface area (Å²) in [5, 5.41) is 10.9. The smallest absolute Gasteiger partial charge is 0.215 e. The zero-order valence-corrected chi connectivity index (χ0v) is 10.6. The van der Waals surface area contributed by atoms with Crippen LogP contribution in [0.5, 0.6) is 0 Å². The predicted molar refractivity (Wildman–Crippen MR) is 59.5 cm³/mol. The quantitative estimate of drug-likeness (QED) is 0.250. The Morgan fingerprint density at radius 1 is 1.31 bits per heavy atom. The lowest BCUT2D eigenvalue weighted by Crippen LogP contribution is -2.38. The zero-order chi connectivity index (χ0) is 13.0. The van der Waals surface area contributed by atoms with E-state index in [4.69, 9.17) is 10.9 Å². The first kappa shape index (κ1) is 15.1. The van der Waals surface area contributed by atoms with E-state index in [1.54, 1.807) is 0 Å². The van der Waals surface area contributed by atoms with Crippen molar-refractivity contribution < 1.29 is 22.0 Å². The summed E-state index contributed by atoms with van der Waals surface area (Å²) >= 11 is 0. The molecule has 10 heteroatoms. The molecule has 0 amide bonds. The van der Waals surface area contributed by atoms with E-state index in [-0.39, 0.29) is 12.4 Å². The van der Waals surface area contributed by atoms with Crippen LogP contribution >= 0.6 is 0 Å². The summed E-state index contributed by atoms with van der Waals surface area (Å²) in [6.45, 7) is -0.289. The van der Waals surface area contributed by atoms with Gasteiger partial charge in [0.05, 0.1) is 18.1 Å². The van der Waals surface area contributed by atoms with Crippen LogP contribution in [-0.2, 0) is 19.9 Å². The molecular weight excluding hydrogens is 258 g/mol. The van der Waals surface area contributed by atoms with Crippen molar-refractivity contribution in [3.8, 4) is 0 Å². The highest BCUT2D eigenvalue weighted by atomic mass is 32.2. The number of nitrogens with zero attached hydrogens (tertiary/aromatic N) is 2. The highest BCUT2D eigenvalue weighted by molar-refractivity contribution is 7.93. The standard InChI is InChI=1S/C6H15N3O5S2/c1-9(5-6(7)8-10)16(13,14)4-3-15(2,11)12/h10H,3-5H2,1-2H3,(H2,7,8). The van der Waals surface area contributed by atoms with E-state index in [0.29, 0.717) is 0 Å². The fourth-order valence-electron chi connectivity index (χ4n) is 0.771. The molecule has 0 radical (unpaired) electrons. The van der Waals surface area contributed by atoms with E-state index in [2.05, 4.69) is 5.16 Å². The largest absolute Gasteiger partial charge is 0.409 e. The van der Waals surface area contributed by atoms with Crippen LogP contribution in [0.3, 0.4) is 0 Å². The number of rotatable bonds is 6. The van der Waals surface area contributed by atoms with Crippen LogP contribution in [0.4, 0.5) is 0 Å². The first-order chi connectivity index (χ1) is 7.08. The molecule has 8 nitrogen and oxygen atoms in total. The molecule has 0 saturated heterocycles. The van der Waals surface area contributed by atoms with Crippen LogP contribution in [0.2, 0.25) is 0 Å². The number of nitrogens with two attached hydrogens (primary N) is 1. The molecule has 0 bridgehead atoms. The number of oxime groups is 1. The van der Waals surface area contributed by atoms with E-state index in [0.717, 1.165) is 10.6 Å². The van der Waals surface area contributed by atoms with Gasteiger partial charge in [-0.05, 0) is 0 Å². The molecule has 0 atom stereocenters. The summed E-state index contributed by atoms with van der Waals surface area (Å²) < 4.78 is 45.4. The summed E-state index contributed by atoms with van der Waals surface area (Å²) in [7, 11) is -5.84. The normalized spacial score (nSPS) is 14.3. The maximum atomic E-state index is 11.5. The monoisotopic (exact) mass is 273 g/mol. The van der Waals surface area contributed by atoms with Gasteiger partial charge in [-0.25, -0.2) is 16.8 Å². The van der Waals surface area contributed by atoms with Crippen molar-refractivity contribution in [2.75, 3.05) is 31.4 Å².